The van der Waals surface area contributed by atoms with E-state index in [1.165, 1.54) is 41.3 Å². The van der Waals surface area contributed by atoms with E-state index in [4.69, 9.17) is 0 Å². The molecule has 0 N–H and O–H groups in total. The van der Waals surface area contributed by atoms with Crippen LogP contribution in [0.5, 0.6) is 0 Å². The number of nitro benzene ring substituents is 1. The highest BCUT2D eigenvalue weighted by Gasteiger charge is 2.31. The molecule has 1 saturated heterocycles. The molecule has 0 unspecified atom stereocenters. The molecule has 0 aliphatic carbocycles. The van der Waals surface area contributed by atoms with Crippen LogP contribution in [0.2, 0.25) is 0 Å². The zero-order valence-corrected chi connectivity index (χ0v) is 16.4. The molecule has 30 heavy (non-hydrogen) atoms. The normalized spacial score (nSPS) is 15.5. The van der Waals surface area contributed by atoms with Crippen molar-refractivity contribution in [3.63, 3.8) is 0 Å². The maximum absolute atomic E-state index is 13.9. The van der Waals surface area contributed by atoms with Crippen LogP contribution < -0.4 is 0 Å². The summed E-state index contributed by atoms with van der Waals surface area (Å²) in [4.78, 5) is 23.1. The fraction of sp³-hybridized carbons (Fsp3) is 0.211. The van der Waals surface area contributed by atoms with Crippen molar-refractivity contribution < 1.29 is 26.9 Å². The minimum atomic E-state index is -4.22. The van der Waals surface area contributed by atoms with Crippen LogP contribution in [-0.2, 0) is 14.8 Å². The van der Waals surface area contributed by atoms with E-state index in [9.17, 15) is 32.1 Å². The predicted octanol–water partition coefficient (Wildman–Crippen LogP) is 2.42. The van der Waals surface area contributed by atoms with E-state index >= 15 is 0 Å². The molecule has 1 aliphatic heterocycles. The summed E-state index contributed by atoms with van der Waals surface area (Å²) in [6.07, 6.45) is 2.79. The van der Waals surface area contributed by atoms with Gasteiger partial charge in [0.15, 0.2) is 0 Å². The van der Waals surface area contributed by atoms with E-state index in [0.29, 0.717) is 11.6 Å². The van der Waals surface area contributed by atoms with Crippen LogP contribution in [0.15, 0.2) is 53.4 Å². The van der Waals surface area contributed by atoms with Crippen LogP contribution in [-0.4, -0.2) is 54.6 Å². The molecule has 0 atom stereocenters. The molecule has 1 aliphatic rings. The number of halogens is 2. The number of nitrogens with zero attached hydrogens (tertiary/aromatic N) is 3. The topological polar surface area (TPSA) is 101 Å². The molecule has 1 fully saturated rings. The van der Waals surface area contributed by atoms with Gasteiger partial charge in [-0.25, -0.2) is 17.2 Å². The lowest BCUT2D eigenvalue weighted by atomic mass is 10.2. The highest BCUT2D eigenvalue weighted by Crippen LogP contribution is 2.22. The van der Waals surface area contributed by atoms with Crippen LogP contribution in [0.4, 0.5) is 14.5 Å². The van der Waals surface area contributed by atoms with E-state index in [0.717, 1.165) is 16.4 Å². The van der Waals surface area contributed by atoms with Crippen molar-refractivity contribution in [2.45, 2.75) is 4.90 Å². The summed E-state index contributed by atoms with van der Waals surface area (Å²) < 4.78 is 53.4. The molecule has 11 heteroatoms. The van der Waals surface area contributed by atoms with Crippen molar-refractivity contribution in [3.8, 4) is 0 Å². The lowest BCUT2D eigenvalue weighted by molar-refractivity contribution is -0.384. The largest absolute Gasteiger partial charge is 0.337 e. The molecular weight excluding hydrogens is 420 g/mol. The summed E-state index contributed by atoms with van der Waals surface area (Å²) in [6, 6.07) is 7.86. The molecule has 0 radical (unpaired) electrons. The number of non-ortho nitro benzene ring substituents is 1. The van der Waals surface area contributed by atoms with E-state index in [1.54, 1.807) is 0 Å². The minimum absolute atomic E-state index is 0.0601. The minimum Gasteiger partial charge on any atom is -0.337 e. The fourth-order valence-electron chi connectivity index (χ4n) is 2.94. The second-order valence-electron chi connectivity index (χ2n) is 6.49. The summed E-state index contributed by atoms with van der Waals surface area (Å²) in [5.74, 6) is -2.26. The second-order valence-corrected chi connectivity index (χ2v) is 8.39. The first-order valence-electron chi connectivity index (χ1n) is 8.85. The van der Waals surface area contributed by atoms with Crippen LogP contribution in [0.25, 0.3) is 6.08 Å². The highest BCUT2D eigenvalue weighted by molar-refractivity contribution is 7.89. The Bertz CT molecular complexity index is 1100. The van der Waals surface area contributed by atoms with Gasteiger partial charge in [-0.15, -0.1) is 0 Å². The van der Waals surface area contributed by atoms with Gasteiger partial charge in [-0.2, -0.15) is 4.31 Å². The van der Waals surface area contributed by atoms with Crippen LogP contribution in [0.1, 0.15) is 5.56 Å². The SMILES string of the molecule is O=C(/C=C/c1ccc([N+](=O)[O-])cc1)N1CCN(S(=O)(=O)c2cc(F)ccc2F)CC1. The average molecular weight is 437 g/mol. The number of rotatable bonds is 5. The van der Waals surface area contributed by atoms with Gasteiger partial charge in [-0.3, -0.25) is 14.9 Å². The number of hydrogen-bond acceptors (Lipinski definition) is 5. The van der Waals surface area contributed by atoms with Crippen LogP contribution in [0, 0.1) is 21.7 Å². The molecule has 0 saturated carbocycles. The Balaban J connectivity index is 1.62. The Morgan fingerprint density at radius 3 is 2.27 bits per heavy atom. The van der Waals surface area contributed by atoms with Crippen molar-refractivity contribution in [3.05, 3.63) is 75.9 Å². The lowest BCUT2D eigenvalue weighted by Crippen LogP contribution is -2.50. The van der Waals surface area contributed by atoms with E-state index < -0.39 is 31.5 Å². The standard InChI is InChI=1S/C19H17F2N3O5S/c20-15-4-7-17(21)18(13-15)30(28,29)23-11-9-22(10-12-23)19(25)8-3-14-1-5-16(6-2-14)24(26)27/h1-8,13H,9-12H2/b8-3+. The number of benzene rings is 2. The summed E-state index contributed by atoms with van der Waals surface area (Å²) in [6.45, 7) is 0.0456. The molecule has 8 nitrogen and oxygen atoms in total. The van der Waals surface area contributed by atoms with Gasteiger partial charge in [0.2, 0.25) is 15.9 Å². The number of amides is 1. The fourth-order valence-corrected chi connectivity index (χ4v) is 4.44. The van der Waals surface area contributed by atoms with Gasteiger partial charge in [0, 0.05) is 44.4 Å². The molecule has 1 heterocycles. The average Bonchev–Trinajstić information content (AvgIpc) is 2.74. The predicted molar refractivity (Wildman–Crippen MR) is 104 cm³/mol. The smallest absolute Gasteiger partial charge is 0.269 e. The quantitative estimate of drug-likeness (QED) is 0.406. The molecule has 2 aromatic carbocycles. The van der Waals surface area contributed by atoms with Crippen molar-refractivity contribution in [2.24, 2.45) is 0 Å². The summed E-state index contributed by atoms with van der Waals surface area (Å²) >= 11 is 0. The number of piperazine rings is 1. The molecular formula is C19H17F2N3O5S. The summed E-state index contributed by atoms with van der Waals surface area (Å²) in [7, 11) is -4.22. The Kier molecular flexibility index (Phi) is 6.22. The van der Waals surface area contributed by atoms with Gasteiger partial charge in [-0.1, -0.05) is 0 Å². The first-order chi connectivity index (χ1) is 14.2. The number of carbonyl (C=O) groups excluding carboxylic acids is 1. The van der Waals surface area contributed by atoms with E-state index in [-0.39, 0.29) is 37.8 Å². The van der Waals surface area contributed by atoms with Gasteiger partial charge in [-0.05, 0) is 42.0 Å². The number of sulfonamides is 1. The highest BCUT2D eigenvalue weighted by atomic mass is 32.2. The van der Waals surface area contributed by atoms with Crippen molar-refractivity contribution in [1.82, 2.24) is 9.21 Å². The zero-order chi connectivity index (χ0) is 21.9. The lowest BCUT2D eigenvalue weighted by Gasteiger charge is -2.33. The monoisotopic (exact) mass is 437 g/mol. The maximum atomic E-state index is 13.9. The zero-order valence-electron chi connectivity index (χ0n) is 15.6. The van der Waals surface area contributed by atoms with Crippen molar-refractivity contribution in [1.29, 1.82) is 0 Å². The Morgan fingerprint density at radius 1 is 1.03 bits per heavy atom. The van der Waals surface area contributed by atoms with Crippen molar-refractivity contribution in [2.75, 3.05) is 26.2 Å². The molecule has 0 bridgehead atoms. The third-order valence-electron chi connectivity index (χ3n) is 4.58. The molecule has 2 aromatic rings. The Hall–Kier alpha value is -3.18. The van der Waals surface area contributed by atoms with E-state index in [2.05, 4.69) is 0 Å². The van der Waals surface area contributed by atoms with Crippen LogP contribution in [0.3, 0.4) is 0 Å². The first kappa shape index (κ1) is 21.5. The van der Waals surface area contributed by atoms with Gasteiger partial charge >= 0.3 is 0 Å². The molecule has 158 valence electrons. The maximum Gasteiger partial charge on any atom is 0.269 e. The summed E-state index contributed by atoms with van der Waals surface area (Å²) in [5, 5.41) is 10.6. The van der Waals surface area contributed by atoms with Crippen molar-refractivity contribution >= 4 is 27.7 Å². The van der Waals surface area contributed by atoms with Crippen LogP contribution >= 0.6 is 0 Å². The third-order valence-corrected chi connectivity index (χ3v) is 6.50. The van der Waals surface area contributed by atoms with Gasteiger partial charge in [0.05, 0.1) is 4.92 Å². The third kappa shape index (κ3) is 4.69. The van der Waals surface area contributed by atoms with Gasteiger partial charge in [0.25, 0.3) is 5.69 Å². The first-order valence-corrected chi connectivity index (χ1v) is 10.3. The van der Waals surface area contributed by atoms with Gasteiger partial charge < -0.3 is 4.90 Å². The van der Waals surface area contributed by atoms with E-state index in [1.807, 2.05) is 0 Å². The number of nitro groups is 1. The molecule has 0 spiro atoms. The Morgan fingerprint density at radius 2 is 1.67 bits per heavy atom. The number of hydrogen-bond donors (Lipinski definition) is 0. The summed E-state index contributed by atoms with van der Waals surface area (Å²) in [5.41, 5.74) is 0.530. The second kappa shape index (κ2) is 8.67. The molecule has 1 amide bonds. The molecule has 3 rings (SSSR count). The Labute approximate surface area is 171 Å². The molecule has 0 aromatic heterocycles. The van der Waals surface area contributed by atoms with Gasteiger partial charge in [0.1, 0.15) is 16.5 Å². The number of carbonyl (C=O) groups is 1.